The summed E-state index contributed by atoms with van der Waals surface area (Å²) in [5.41, 5.74) is 5.87. The summed E-state index contributed by atoms with van der Waals surface area (Å²) in [6.45, 7) is 2.75. The van der Waals surface area contributed by atoms with Crippen molar-refractivity contribution in [2.45, 2.75) is 69.9 Å². The number of aromatic nitrogens is 3. The van der Waals surface area contributed by atoms with Crippen molar-refractivity contribution in [1.29, 1.82) is 0 Å². The van der Waals surface area contributed by atoms with Gasteiger partial charge in [0.05, 0.1) is 16.5 Å². The number of rotatable bonds is 6. The largest absolute Gasteiger partial charge is 0.345 e. The average Bonchev–Trinajstić information content (AvgIpc) is 3.43. The Morgan fingerprint density at radius 3 is 2.62 bits per heavy atom. The summed E-state index contributed by atoms with van der Waals surface area (Å²) in [5.74, 6) is -0.0239. The number of pyridine rings is 1. The molecule has 29 heavy (non-hydrogen) atoms. The lowest BCUT2D eigenvalue weighted by Crippen LogP contribution is -2.51. The van der Waals surface area contributed by atoms with Gasteiger partial charge in [-0.3, -0.25) is 19.1 Å². The Morgan fingerprint density at radius 2 is 2.03 bits per heavy atom. The normalized spacial score (nSPS) is 17.9. The number of aromatic amines is 1. The molecular formula is C20H28ClN5O3. The highest BCUT2D eigenvalue weighted by molar-refractivity contribution is 6.05. The number of nitrogens with zero attached hydrogens (tertiary/aromatic N) is 2. The quantitative estimate of drug-likeness (QED) is 0.656. The third-order valence-electron chi connectivity index (χ3n) is 5.99. The minimum Gasteiger partial charge on any atom is -0.345 e. The van der Waals surface area contributed by atoms with Gasteiger partial charge in [-0.1, -0.05) is 19.8 Å². The summed E-state index contributed by atoms with van der Waals surface area (Å²) in [6.07, 6.45) is 6.46. The summed E-state index contributed by atoms with van der Waals surface area (Å²) in [5, 5.41) is 3.28. The van der Waals surface area contributed by atoms with Gasteiger partial charge < -0.3 is 11.1 Å². The van der Waals surface area contributed by atoms with E-state index in [1.54, 1.807) is 6.07 Å². The van der Waals surface area contributed by atoms with Crippen LogP contribution in [0, 0.1) is 0 Å². The second kappa shape index (κ2) is 8.28. The average molecular weight is 422 g/mol. The van der Waals surface area contributed by atoms with Crippen LogP contribution in [0.2, 0.25) is 0 Å². The van der Waals surface area contributed by atoms with Crippen molar-refractivity contribution in [3.63, 3.8) is 0 Å². The summed E-state index contributed by atoms with van der Waals surface area (Å²) in [4.78, 5) is 45.2. The molecule has 2 aromatic heterocycles. The van der Waals surface area contributed by atoms with Crippen LogP contribution in [0.25, 0.3) is 11.0 Å². The molecule has 0 aromatic carbocycles. The number of fused-ring (bicyclic) bond motifs is 1. The molecule has 158 valence electrons. The molecule has 9 heteroatoms. The molecule has 0 atom stereocenters. The fourth-order valence-corrected chi connectivity index (χ4v) is 4.23. The molecule has 2 saturated carbocycles. The van der Waals surface area contributed by atoms with Gasteiger partial charge in [-0.15, -0.1) is 12.4 Å². The van der Waals surface area contributed by atoms with Crippen LogP contribution in [-0.4, -0.2) is 32.5 Å². The lowest BCUT2D eigenvalue weighted by molar-refractivity contribution is 0.0904. The number of carbonyl (C=O) groups excluding carboxylic acids is 1. The molecule has 2 heterocycles. The fourth-order valence-electron chi connectivity index (χ4n) is 4.23. The number of H-pyrrole nitrogens is 1. The van der Waals surface area contributed by atoms with E-state index in [-0.39, 0.29) is 35.2 Å². The third-order valence-corrected chi connectivity index (χ3v) is 5.99. The smallest absolute Gasteiger partial charge is 0.329 e. The van der Waals surface area contributed by atoms with E-state index >= 15 is 0 Å². The van der Waals surface area contributed by atoms with Crippen molar-refractivity contribution in [2.24, 2.45) is 5.73 Å². The summed E-state index contributed by atoms with van der Waals surface area (Å²) >= 11 is 0. The van der Waals surface area contributed by atoms with E-state index < -0.39 is 16.8 Å². The Hall–Kier alpha value is -2.19. The van der Waals surface area contributed by atoms with Crippen LogP contribution < -0.4 is 22.3 Å². The van der Waals surface area contributed by atoms with Gasteiger partial charge in [0.25, 0.3) is 11.5 Å². The molecule has 0 radical (unpaired) electrons. The molecule has 4 N–H and O–H groups in total. The molecule has 0 spiro atoms. The first-order valence-corrected chi connectivity index (χ1v) is 10.2. The Bertz CT molecular complexity index is 1030. The molecule has 0 unspecified atom stereocenters. The Labute approximate surface area is 174 Å². The Balaban J connectivity index is 0.00000240. The molecule has 2 aliphatic carbocycles. The van der Waals surface area contributed by atoms with Gasteiger partial charge in [-0.25, -0.2) is 9.78 Å². The van der Waals surface area contributed by atoms with E-state index in [0.29, 0.717) is 25.2 Å². The standard InChI is InChI=1S/C20H27N5O3.ClH/c1-2-9-25-16-15(18(27)23-19(25)28)13(10-14(22-16)12-5-6-12)17(26)24-20(11-21)7-3-4-8-20;/h10,12H,2-9,11,21H2,1H3,(H,24,26)(H,23,27,28);1H. The minimum atomic E-state index is -0.569. The number of hydrogen-bond donors (Lipinski definition) is 3. The number of carbonyl (C=O) groups is 1. The Morgan fingerprint density at radius 1 is 1.34 bits per heavy atom. The third kappa shape index (κ3) is 3.96. The lowest BCUT2D eigenvalue weighted by atomic mass is 9.96. The van der Waals surface area contributed by atoms with Crippen LogP contribution in [0.15, 0.2) is 15.7 Å². The van der Waals surface area contributed by atoms with Crippen molar-refractivity contribution in [3.05, 3.63) is 38.2 Å². The maximum absolute atomic E-state index is 13.2. The topological polar surface area (TPSA) is 123 Å². The van der Waals surface area contributed by atoms with E-state index in [1.165, 1.54) is 4.57 Å². The van der Waals surface area contributed by atoms with Gasteiger partial charge in [0.2, 0.25) is 0 Å². The maximum Gasteiger partial charge on any atom is 0.329 e. The van der Waals surface area contributed by atoms with Crippen molar-refractivity contribution in [1.82, 2.24) is 19.9 Å². The van der Waals surface area contributed by atoms with Gasteiger partial charge in [-0.05, 0) is 38.2 Å². The fraction of sp³-hybridized carbons (Fsp3) is 0.600. The van der Waals surface area contributed by atoms with Crippen molar-refractivity contribution in [3.8, 4) is 0 Å². The van der Waals surface area contributed by atoms with Crippen LogP contribution >= 0.6 is 12.4 Å². The van der Waals surface area contributed by atoms with Crippen molar-refractivity contribution >= 4 is 29.3 Å². The van der Waals surface area contributed by atoms with Crippen LogP contribution in [0.3, 0.4) is 0 Å². The first-order valence-electron chi connectivity index (χ1n) is 10.2. The molecule has 2 aromatic rings. The van der Waals surface area contributed by atoms with E-state index in [9.17, 15) is 14.4 Å². The van der Waals surface area contributed by atoms with E-state index in [4.69, 9.17) is 5.73 Å². The molecule has 1 amide bonds. The summed E-state index contributed by atoms with van der Waals surface area (Å²) in [7, 11) is 0. The lowest BCUT2D eigenvalue weighted by Gasteiger charge is -2.29. The molecule has 0 aliphatic heterocycles. The SMILES string of the molecule is CCCn1c(=O)[nH]c(=O)c2c(C(=O)NC3(CN)CCCC3)cc(C3CC3)nc21.Cl. The second-order valence-electron chi connectivity index (χ2n) is 8.12. The highest BCUT2D eigenvalue weighted by Gasteiger charge is 2.35. The molecule has 4 rings (SSSR count). The first-order chi connectivity index (χ1) is 13.5. The predicted octanol–water partition coefficient (Wildman–Crippen LogP) is 1.80. The molecule has 0 bridgehead atoms. The molecular weight excluding hydrogens is 394 g/mol. The predicted molar refractivity (Wildman–Crippen MR) is 114 cm³/mol. The van der Waals surface area contributed by atoms with Gasteiger partial charge in [0.1, 0.15) is 0 Å². The number of aryl methyl sites for hydroxylation is 1. The maximum atomic E-state index is 13.2. The number of halogens is 1. The van der Waals surface area contributed by atoms with Crippen LogP contribution in [0.4, 0.5) is 0 Å². The van der Waals surface area contributed by atoms with Crippen LogP contribution in [0.5, 0.6) is 0 Å². The first kappa shape index (κ1) is 21.5. The number of nitrogens with two attached hydrogens (primary N) is 1. The van der Waals surface area contributed by atoms with Gasteiger partial charge in [-0.2, -0.15) is 0 Å². The van der Waals surface area contributed by atoms with Gasteiger partial charge in [0, 0.05) is 24.7 Å². The summed E-state index contributed by atoms with van der Waals surface area (Å²) in [6, 6.07) is 1.73. The summed E-state index contributed by atoms with van der Waals surface area (Å²) < 4.78 is 1.47. The zero-order valence-electron chi connectivity index (χ0n) is 16.6. The van der Waals surface area contributed by atoms with Crippen LogP contribution in [0.1, 0.15) is 73.8 Å². The monoisotopic (exact) mass is 421 g/mol. The number of nitrogens with one attached hydrogen (secondary N) is 2. The number of hydrogen-bond acceptors (Lipinski definition) is 5. The van der Waals surface area contributed by atoms with Crippen molar-refractivity contribution in [2.75, 3.05) is 6.54 Å². The van der Waals surface area contributed by atoms with Crippen LogP contribution in [-0.2, 0) is 6.54 Å². The zero-order valence-corrected chi connectivity index (χ0v) is 17.4. The second-order valence-corrected chi connectivity index (χ2v) is 8.12. The van der Waals surface area contributed by atoms with E-state index in [1.807, 2.05) is 6.92 Å². The van der Waals surface area contributed by atoms with Gasteiger partial charge in [0.15, 0.2) is 5.65 Å². The van der Waals surface area contributed by atoms with E-state index in [0.717, 1.165) is 44.2 Å². The molecule has 8 nitrogen and oxygen atoms in total. The molecule has 2 aliphatic rings. The highest BCUT2D eigenvalue weighted by atomic mass is 35.5. The van der Waals surface area contributed by atoms with Gasteiger partial charge >= 0.3 is 5.69 Å². The minimum absolute atomic E-state index is 0. The molecule has 2 fully saturated rings. The van der Waals surface area contributed by atoms with Crippen molar-refractivity contribution < 1.29 is 4.79 Å². The highest BCUT2D eigenvalue weighted by Crippen LogP contribution is 2.40. The molecule has 0 saturated heterocycles. The van der Waals surface area contributed by atoms with E-state index in [2.05, 4.69) is 15.3 Å². The Kier molecular flexibility index (Phi) is 6.14. The zero-order chi connectivity index (χ0) is 19.9. The number of amides is 1.